The fourth-order valence-corrected chi connectivity index (χ4v) is 3.33. The maximum Gasteiger partial charge on any atom is 0.410 e. The molecule has 162 valence electrons. The summed E-state index contributed by atoms with van der Waals surface area (Å²) in [6.45, 7) is 15.5. The first-order valence-electron chi connectivity index (χ1n) is 10.4. The van der Waals surface area contributed by atoms with Gasteiger partial charge in [-0.2, -0.15) is 0 Å². The summed E-state index contributed by atoms with van der Waals surface area (Å²) in [6, 6.07) is 7.97. The Morgan fingerprint density at radius 3 is 2.52 bits per heavy atom. The first-order chi connectivity index (χ1) is 13.4. The predicted octanol–water partition coefficient (Wildman–Crippen LogP) is 4.72. The summed E-state index contributed by atoms with van der Waals surface area (Å²) >= 11 is 0. The number of rotatable bonds is 4. The van der Waals surface area contributed by atoms with E-state index >= 15 is 0 Å². The predicted molar refractivity (Wildman–Crippen MR) is 111 cm³/mol. The van der Waals surface area contributed by atoms with Crippen LogP contribution in [0.4, 0.5) is 4.79 Å². The van der Waals surface area contributed by atoms with E-state index in [1.807, 2.05) is 45.0 Å². The molecule has 0 N–H and O–H groups in total. The van der Waals surface area contributed by atoms with Crippen molar-refractivity contribution in [2.45, 2.75) is 83.8 Å². The van der Waals surface area contributed by atoms with Gasteiger partial charge in [-0.15, -0.1) is 0 Å². The number of likely N-dealkylation sites (tertiary alicyclic amines) is 1. The van der Waals surface area contributed by atoms with Gasteiger partial charge in [-0.3, -0.25) is 0 Å². The molecule has 2 heterocycles. The second-order valence-corrected chi connectivity index (χ2v) is 9.94. The fraction of sp³-hybridized carbons (Fsp3) is 0.696. The highest BCUT2D eigenvalue weighted by atomic mass is 16.6. The van der Waals surface area contributed by atoms with Gasteiger partial charge in [0.2, 0.25) is 0 Å². The van der Waals surface area contributed by atoms with Crippen molar-refractivity contribution in [1.29, 1.82) is 0 Å². The molecule has 0 saturated carbocycles. The lowest BCUT2D eigenvalue weighted by Gasteiger charge is -2.48. The second kappa shape index (κ2) is 7.80. The zero-order valence-corrected chi connectivity index (χ0v) is 18.8. The summed E-state index contributed by atoms with van der Waals surface area (Å²) in [5, 5.41) is 0. The second-order valence-electron chi connectivity index (χ2n) is 9.94. The molecule has 2 saturated heterocycles. The molecule has 6 heteroatoms. The van der Waals surface area contributed by atoms with Crippen LogP contribution in [0.2, 0.25) is 0 Å². The number of carbonyl (C=O) groups is 1. The molecule has 0 aromatic heterocycles. The minimum absolute atomic E-state index is 0.0440. The summed E-state index contributed by atoms with van der Waals surface area (Å²) in [7, 11) is 0. The van der Waals surface area contributed by atoms with E-state index in [4.69, 9.17) is 18.9 Å². The third kappa shape index (κ3) is 5.04. The Morgan fingerprint density at radius 1 is 1.21 bits per heavy atom. The van der Waals surface area contributed by atoms with Gasteiger partial charge in [0.1, 0.15) is 24.1 Å². The Bertz CT molecular complexity index is 737. The highest BCUT2D eigenvalue weighted by Crippen LogP contribution is 2.40. The van der Waals surface area contributed by atoms with Gasteiger partial charge in [0.15, 0.2) is 0 Å². The Hall–Kier alpha value is -1.79. The Balaban J connectivity index is 1.58. The normalized spacial score (nSPS) is 25.8. The van der Waals surface area contributed by atoms with E-state index in [0.29, 0.717) is 19.8 Å². The maximum absolute atomic E-state index is 12.3. The van der Waals surface area contributed by atoms with Gasteiger partial charge in [0.25, 0.3) is 0 Å². The minimum atomic E-state index is -0.489. The third-order valence-electron chi connectivity index (χ3n) is 5.93. The number of carbonyl (C=O) groups excluding carboxylic acids is 1. The van der Waals surface area contributed by atoms with Crippen LogP contribution in [0.25, 0.3) is 0 Å². The van der Waals surface area contributed by atoms with Crippen LogP contribution in [0.1, 0.15) is 66.6 Å². The first-order valence-corrected chi connectivity index (χ1v) is 10.4. The molecule has 2 aliphatic rings. The van der Waals surface area contributed by atoms with Crippen LogP contribution in [0.5, 0.6) is 5.75 Å². The van der Waals surface area contributed by atoms with Crippen molar-refractivity contribution in [3.8, 4) is 5.75 Å². The van der Waals surface area contributed by atoms with Gasteiger partial charge in [-0.05, 0) is 72.6 Å². The summed E-state index contributed by atoms with van der Waals surface area (Å²) < 4.78 is 23.9. The number of amides is 1. The number of nitrogens with zero attached hydrogens (tertiary/aromatic N) is 1. The van der Waals surface area contributed by atoms with Crippen molar-refractivity contribution >= 4 is 6.09 Å². The third-order valence-corrected chi connectivity index (χ3v) is 5.93. The van der Waals surface area contributed by atoms with Crippen molar-refractivity contribution in [3.63, 3.8) is 0 Å². The Kier molecular flexibility index (Phi) is 5.89. The summed E-state index contributed by atoms with van der Waals surface area (Å²) in [5.74, 6) is 0.768. The maximum atomic E-state index is 12.3. The lowest BCUT2D eigenvalue weighted by molar-refractivity contribution is -0.265. The number of hydrogen-bond donors (Lipinski definition) is 0. The number of benzene rings is 1. The van der Waals surface area contributed by atoms with E-state index in [9.17, 15) is 4.79 Å². The monoisotopic (exact) mass is 405 g/mol. The van der Waals surface area contributed by atoms with Gasteiger partial charge >= 0.3 is 6.09 Å². The van der Waals surface area contributed by atoms with E-state index in [1.54, 1.807) is 4.90 Å². The smallest absolute Gasteiger partial charge is 0.410 e. The Labute approximate surface area is 174 Å². The molecule has 1 aromatic carbocycles. The molecule has 1 amide bonds. The van der Waals surface area contributed by atoms with Crippen LogP contribution in [-0.2, 0) is 14.2 Å². The SMILES string of the molecule is CC(C)(C)OC(=O)N1CC[C@H]1COc1cccc(C2COC(C)(C)C(C)(C)O2)c1. The molecule has 0 radical (unpaired) electrons. The molecule has 1 aromatic rings. The van der Waals surface area contributed by atoms with Gasteiger partial charge in [0, 0.05) is 6.54 Å². The first kappa shape index (κ1) is 21.9. The van der Waals surface area contributed by atoms with Gasteiger partial charge < -0.3 is 23.8 Å². The standard InChI is InChI=1S/C23H35NO5/c1-21(2,3)29-20(25)24-12-11-17(24)14-26-18-10-8-9-16(13-18)19-15-27-22(4,5)23(6,7)28-19/h8-10,13,17,19H,11-12,14-15H2,1-7H3/t17-,19?/m0/s1. The molecule has 0 aliphatic carbocycles. The van der Waals surface area contributed by atoms with Crippen molar-refractivity contribution in [3.05, 3.63) is 29.8 Å². The van der Waals surface area contributed by atoms with Crippen LogP contribution in [0, 0.1) is 0 Å². The molecule has 2 aliphatic heterocycles. The van der Waals surface area contributed by atoms with E-state index in [-0.39, 0.29) is 23.8 Å². The van der Waals surface area contributed by atoms with Crippen LogP contribution >= 0.6 is 0 Å². The highest BCUT2D eigenvalue weighted by molar-refractivity contribution is 5.69. The average molecular weight is 406 g/mol. The number of ether oxygens (including phenoxy) is 4. The van der Waals surface area contributed by atoms with Crippen LogP contribution in [-0.4, -0.2) is 53.6 Å². The van der Waals surface area contributed by atoms with Crippen molar-refractivity contribution in [2.24, 2.45) is 0 Å². The number of hydrogen-bond acceptors (Lipinski definition) is 5. The minimum Gasteiger partial charge on any atom is -0.491 e. The highest BCUT2D eigenvalue weighted by Gasteiger charge is 2.45. The van der Waals surface area contributed by atoms with Crippen LogP contribution in [0.15, 0.2) is 24.3 Å². The summed E-state index contributed by atoms with van der Waals surface area (Å²) in [4.78, 5) is 14.0. The molecular formula is C23H35NO5. The van der Waals surface area contributed by atoms with Gasteiger partial charge in [-0.1, -0.05) is 12.1 Å². The lowest BCUT2D eigenvalue weighted by Crippen LogP contribution is -2.55. The molecule has 2 fully saturated rings. The quantitative estimate of drug-likeness (QED) is 0.725. The molecule has 1 unspecified atom stereocenters. The van der Waals surface area contributed by atoms with Crippen molar-refractivity contribution in [1.82, 2.24) is 4.90 Å². The summed E-state index contributed by atoms with van der Waals surface area (Å²) in [6.07, 6.45) is 0.508. The largest absolute Gasteiger partial charge is 0.491 e. The van der Waals surface area contributed by atoms with Crippen LogP contribution in [0.3, 0.4) is 0 Å². The van der Waals surface area contributed by atoms with Gasteiger partial charge in [0.05, 0.1) is 23.9 Å². The molecule has 0 bridgehead atoms. The molecule has 0 spiro atoms. The van der Waals surface area contributed by atoms with Crippen molar-refractivity contribution < 1.29 is 23.7 Å². The van der Waals surface area contributed by atoms with E-state index < -0.39 is 11.2 Å². The molecular weight excluding hydrogens is 370 g/mol. The molecule has 2 atom stereocenters. The lowest BCUT2D eigenvalue weighted by atomic mass is 9.87. The average Bonchev–Trinajstić information content (AvgIpc) is 2.55. The molecule has 6 nitrogen and oxygen atoms in total. The fourth-order valence-electron chi connectivity index (χ4n) is 3.33. The van der Waals surface area contributed by atoms with Crippen molar-refractivity contribution in [2.75, 3.05) is 19.8 Å². The Morgan fingerprint density at radius 2 is 1.93 bits per heavy atom. The van der Waals surface area contributed by atoms with E-state index in [1.165, 1.54) is 0 Å². The van der Waals surface area contributed by atoms with Gasteiger partial charge in [-0.25, -0.2) is 4.79 Å². The van der Waals surface area contributed by atoms with E-state index in [0.717, 1.165) is 17.7 Å². The zero-order chi connectivity index (χ0) is 21.4. The van der Waals surface area contributed by atoms with Crippen LogP contribution < -0.4 is 4.74 Å². The van der Waals surface area contributed by atoms with E-state index in [2.05, 4.69) is 27.7 Å². The molecule has 29 heavy (non-hydrogen) atoms. The topological polar surface area (TPSA) is 57.2 Å². The zero-order valence-electron chi connectivity index (χ0n) is 18.8. The summed E-state index contributed by atoms with van der Waals surface area (Å²) in [5.41, 5.74) is -0.195. The molecule has 3 rings (SSSR count).